The quantitative estimate of drug-likeness (QED) is 0.505. The summed E-state index contributed by atoms with van der Waals surface area (Å²) < 4.78 is 6.94. The molecule has 0 aliphatic carbocycles. The van der Waals surface area contributed by atoms with Gasteiger partial charge in [0.05, 0.1) is 42.1 Å². The molecule has 0 radical (unpaired) electrons. The predicted octanol–water partition coefficient (Wildman–Crippen LogP) is 4.92. The Hall–Kier alpha value is -4.09. The number of benzene rings is 2. The molecule has 0 unspecified atom stereocenters. The zero-order chi connectivity index (χ0) is 20.4. The minimum atomic E-state index is 0.195. The van der Waals surface area contributed by atoms with Crippen LogP contribution < -0.4 is 4.74 Å². The molecule has 0 fully saturated rings. The highest BCUT2D eigenvalue weighted by Gasteiger charge is 2.17. The fourth-order valence-corrected chi connectivity index (χ4v) is 3.40. The molecule has 0 aliphatic rings. The van der Waals surface area contributed by atoms with Crippen LogP contribution in [-0.2, 0) is 6.42 Å². The second-order valence-electron chi connectivity index (χ2n) is 6.79. The van der Waals surface area contributed by atoms with Crippen molar-refractivity contribution in [3.05, 3.63) is 77.5 Å². The average molecular weight is 378 g/mol. The van der Waals surface area contributed by atoms with Crippen LogP contribution in [0.1, 0.15) is 16.8 Å². The molecule has 140 valence electrons. The Labute approximate surface area is 169 Å². The van der Waals surface area contributed by atoms with Gasteiger partial charge < -0.3 is 4.74 Å². The lowest BCUT2D eigenvalue weighted by Crippen LogP contribution is -2.02. The molecular weight excluding hydrogens is 360 g/mol. The summed E-state index contributed by atoms with van der Waals surface area (Å²) in [4.78, 5) is 0. The highest BCUT2D eigenvalue weighted by atomic mass is 16.5. The van der Waals surface area contributed by atoms with Crippen LogP contribution in [0.5, 0.6) is 5.75 Å². The Bertz CT molecular complexity index is 1270. The van der Waals surface area contributed by atoms with Gasteiger partial charge in [0, 0.05) is 11.1 Å². The van der Waals surface area contributed by atoms with E-state index >= 15 is 0 Å². The SMILES string of the molecule is COc1ccc(-c2cc(CC#N)n3nc(-c4ccc(C)cc4)cc3c2C#N)cc1. The van der Waals surface area contributed by atoms with Crippen LogP contribution in [0, 0.1) is 29.6 Å². The van der Waals surface area contributed by atoms with Crippen molar-refractivity contribution in [1.29, 1.82) is 10.5 Å². The topological polar surface area (TPSA) is 74.1 Å². The average Bonchev–Trinajstić information content (AvgIpc) is 3.20. The third-order valence-corrected chi connectivity index (χ3v) is 4.94. The van der Waals surface area contributed by atoms with E-state index in [9.17, 15) is 10.5 Å². The van der Waals surface area contributed by atoms with Gasteiger partial charge in [0.15, 0.2) is 0 Å². The summed E-state index contributed by atoms with van der Waals surface area (Å²) in [6, 6.07) is 24.0. The van der Waals surface area contributed by atoms with Crippen molar-refractivity contribution in [2.24, 2.45) is 0 Å². The van der Waals surface area contributed by atoms with Gasteiger partial charge in [-0.3, -0.25) is 0 Å². The number of pyridine rings is 1. The van der Waals surface area contributed by atoms with Gasteiger partial charge >= 0.3 is 0 Å². The van der Waals surface area contributed by atoms with Gasteiger partial charge in [0.1, 0.15) is 11.8 Å². The largest absolute Gasteiger partial charge is 0.497 e. The summed E-state index contributed by atoms with van der Waals surface area (Å²) >= 11 is 0. The minimum absolute atomic E-state index is 0.195. The summed E-state index contributed by atoms with van der Waals surface area (Å²) in [6.45, 7) is 2.04. The number of methoxy groups -OCH3 is 1. The summed E-state index contributed by atoms with van der Waals surface area (Å²) in [5.74, 6) is 0.747. The predicted molar refractivity (Wildman–Crippen MR) is 111 cm³/mol. The van der Waals surface area contributed by atoms with Crippen LogP contribution >= 0.6 is 0 Å². The van der Waals surface area contributed by atoms with Crippen molar-refractivity contribution in [3.63, 3.8) is 0 Å². The van der Waals surface area contributed by atoms with Gasteiger partial charge in [-0.15, -0.1) is 0 Å². The molecule has 2 aromatic heterocycles. The lowest BCUT2D eigenvalue weighted by Gasteiger charge is -2.10. The lowest BCUT2D eigenvalue weighted by atomic mass is 9.98. The highest BCUT2D eigenvalue weighted by molar-refractivity contribution is 5.82. The van der Waals surface area contributed by atoms with E-state index in [-0.39, 0.29) is 6.42 Å². The van der Waals surface area contributed by atoms with Crippen LogP contribution in [0.25, 0.3) is 27.9 Å². The first kappa shape index (κ1) is 18.3. The smallest absolute Gasteiger partial charge is 0.118 e. The molecule has 29 heavy (non-hydrogen) atoms. The molecule has 0 N–H and O–H groups in total. The van der Waals surface area contributed by atoms with Crippen LogP contribution in [0.2, 0.25) is 0 Å². The van der Waals surface area contributed by atoms with Crippen molar-refractivity contribution in [2.75, 3.05) is 7.11 Å². The number of ether oxygens (including phenoxy) is 1. The Kier molecular flexibility index (Phi) is 4.73. The molecule has 0 spiro atoms. The maximum atomic E-state index is 9.93. The number of nitriles is 2. The van der Waals surface area contributed by atoms with Crippen LogP contribution in [0.15, 0.2) is 60.7 Å². The van der Waals surface area contributed by atoms with Crippen molar-refractivity contribution < 1.29 is 4.74 Å². The number of fused-ring (bicyclic) bond motifs is 1. The van der Waals surface area contributed by atoms with Gasteiger partial charge in [-0.2, -0.15) is 15.6 Å². The fraction of sp³-hybridized carbons (Fsp3) is 0.125. The van der Waals surface area contributed by atoms with E-state index in [1.807, 2.05) is 67.6 Å². The van der Waals surface area contributed by atoms with E-state index in [0.29, 0.717) is 11.1 Å². The number of aromatic nitrogens is 2. The fourth-order valence-electron chi connectivity index (χ4n) is 3.40. The first-order valence-electron chi connectivity index (χ1n) is 9.18. The summed E-state index contributed by atoms with van der Waals surface area (Å²) in [5.41, 5.74) is 6.55. The Balaban J connectivity index is 1.96. The molecule has 0 saturated heterocycles. The molecule has 0 bridgehead atoms. The van der Waals surface area contributed by atoms with Gasteiger partial charge in [-0.05, 0) is 36.8 Å². The molecule has 0 aliphatic heterocycles. The Morgan fingerprint density at radius 3 is 2.28 bits per heavy atom. The maximum Gasteiger partial charge on any atom is 0.118 e. The molecule has 4 aromatic rings. The molecular formula is C24H18N4O. The van der Waals surface area contributed by atoms with Gasteiger partial charge in [-0.25, -0.2) is 4.52 Å². The van der Waals surface area contributed by atoms with Crippen molar-refractivity contribution in [2.45, 2.75) is 13.3 Å². The van der Waals surface area contributed by atoms with Gasteiger partial charge in [0.2, 0.25) is 0 Å². The molecule has 0 saturated carbocycles. The van der Waals surface area contributed by atoms with Crippen LogP contribution in [-0.4, -0.2) is 16.7 Å². The van der Waals surface area contributed by atoms with E-state index in [2.05, 4.69) is 12.1 Å². The molecule has 2 heterocycles. The number of aryl methyl sites for hydroxylation is 1. The number of hydrogen-bond acceptors (Lipinski definition) is 4. The van der Waals surface area contributed by atoms with E-state index in [1.54, 1.807) is 11.6 Å². The van der Waals surface area contributed by atoms with Crippen molar-refractivity contribution in [3.8, 4) is 40.3 Å². The first-order valence-corrected chi connectivity index (χ1v) is 9.18. The van der Waals surface area contributed by atoms with Crippen LogP contribution in [0.3, 0.4) is 0 Å². The van der Waals surface area contributed by atoms with Gasteiger partial charge in [0.25, 0.3) is 0 Å². The minimum Gasteiger partial charge on any atom is -0.497 e. The zero-order valence-corrected chi connectivity index (χ0v) is 16.2. The van der Waals surface area contributed by atoms with Gasteiger partial charge in [-0.1, -0.05) is 42.0 Å². The highest BCUT2D eigenvalue weighted by Crippen LogP contribution is 2.32. The Morgan fingerprint density at radius 1 is 0.966 bits per heavy atom. The maximum absolute atomic E-state index is 9.93. The van der Waals surface area contributed by atoms with E-state index in [1.165, 1.54) is 5.56 Å². The monoisotopic (exact) mass is 378 g/mol. The molecule has 5 heteroatoms. The number of hydrogen-bond donors (Lipinski definition) is 0. The van der Waals surface area contributed by atoms with E-state index in [4.69, 9.17) is 9.84 Å². The van der Waals surface area contributed by atoms with Crippen LogP contribution in [0.4, 0.5) is 0 Å². The summed E-state index contributed by atoms with van der Waals surface area (Å²) in [6.07, 6.45) is 0.195. The first-order chi connectivity index (χ1) is 14.1. The summed E-state index contributed by atoms with van der Waals surface area (Å²) in [7, 11) is 1.62. The second kappa shape index (κ2) is 7.50. The molecule has 4 rings (SSSR count). The standard InChI is InChI=1S/C24H18N4O/c1-16-3-5-18(6-4-16)23-14-24-22(15-26)21(13-19(11-12-25)28(24)27-23)17-7-9-20(29-2)10-8-17/h3-10,13-14H,11H2,1-2H3. The lowest BCUT2D eigenvalue weighted by molar-refractivity contribution is 0.415. The summed E-state index contributed by atoms with van der Waals surface area (Å²) in [5, 5.41) is 23.9. The third-order valence-electron chi connectivity index (χ3n) is 4.94. The second-order valence-corrected chi connectivity index (χ2v) is 6.79. The van der Waals surface area contributed by atoms with Crippen molar-refractivity contribution in [1.82, 2.24) is 9.61 Å². The zero-order valence-electron chi connectivity index (χ0n) is 16.2. The number of nitrogens with zero attached hydrogens (tertiary/aromatic N) is 4. The van der Waals surface area contributed by atoms with E-state index in [0.717, 1.165) is 33.8 Å². The molecule has 2 aromatic carbocycles. The van der Waals surface area contributed by atoms with E-state index < -0.39 is 0 Å². The number of rotatable bonds is 4. The Morgan fingerprint density at radius 2 is 1.66 bits per heavy atom. The molecule has 0 amide bonds. The third kappa shape index (κ3) is 3.31. The molecule has 5 nitrogen and oxygen atoms in total. The normalized spacial score (nSPS) is 10.5. The van der Waals surface area contributed by atoms with Crippen molar-refractivity contribution >= 4 is 5.52 Å². The molecule has 0 atom stereocenters.